The van der Waals surface area contributed by atoms with Crippen LogP contribution in [0.4, 0.5) is 5.95 Å². The van der Waals surface area contributed by atoms with Crippen molar-refractivity contribution in [3.05, 3.63) is 76.7 Å². The summed E-state index contributed by atoms with van der Waals surface area (Å²) >= 11 is 0. The summed E-state index contributed by atoms with van der Waals surface area (Å²) in [6, 6.07) is 18.0. The second-order valence-corrected chi connectivity index (χ2v) is 8.64. The third-order valence-corrected chi connectivity index (χ3v) is 6.57. The molecule has 1 aliphatic rings. The van der Waals surface area contributed by atoms with Gasteiger partial charge in [0, 0.05) is 19.3 Å². The van der Waals surface area contributed by atoms with Crippen LogP contribution in [0.2, 0.25) is 0 Å². The maximum atomic E-state index is 13.2. The summed E-state index contributed by atoms with van der Waals surface area (Å²) in [5.41, 5.74) is 3.23. The largest absolute Gasteiger partial charge is 0.493 e. The molecule has 1 fully saturated rings. The summed E-state index contributed by atoms with van der Waals surface area (Å²) in [5, 5.41) is 0.470. The first-order valence-electron chi connectivity index (χ1n) is 11.6. The standard InChI is InChI=1S/C27H28N4O3/c1-33-22-9-8-20(17-23(22)34-2)21-10-13-28-25-24(21)26(32)30-27(29-25)31-14-11-19(12-15-31)16-18-6-4-3-5-7-18/h3-10,13,17,19H,11-12,14-16H2,1-2H3,(H,28,29,30,32). The van der Waals surface area contributed by atoms with Crippen LogP contribution in [0.3, 0.4) is 0 Å². The fourth-order valence-electron chi connectivity index (χ4n) is 4.74. The number of hydrogen-bond donors (Lipinski definition) is 1. The van der Waals surface area contributed by atoms with Crippen LogP contribution < -0.4 is 19.9 Å². The molecule has 0 spiro atoms. The Morgan fingerprint density at radius 3 is 2.50 bits per heavy atom. The van der Waals surface area contributed by atoms with E-state index in [2.05, 4.69) is 45.2 Å². The number of nitrogens with one attached hydrogen (secondary N) is 1. The van der Waals surface area contributed by atoms with E-state index in [1.165, 1.54) is 5.56 Å². The van der Waals surface area contributed by atoms with Crippen molar-refractivity contribution in [2.24, 2.45) is 5.92 Å². The van der Waals surface area contributed by atoms with Crippen LogP contribution in [0.15, 0.2) is 65.6 Å². The van der Waals surface area contributed by atoms with Crippen molar-refractivity contribution in [1.29, 1.82) is 0 Å². The van der Waals surface area contributed by atoms with Crippen LogP contribution >= 0.6 is 0 Å². The van der Waals surface area contributed by atoms with Gasteiger partial charge in [0.25, 0.3) is 5.56 Å². The van der Waals surface area contributed by atoms with Crippen molar-refractivity contribution in [1.82, 2.24) is 15.0 Å². The highest BCUT2D eigenvalue weighted by molar-refractivity contribution is 5.92. The predicted molar refractivity (Wildman–Crippen MR) is 134 cm³/mol. The molecule has 5 rings (SSSR count). The average Bonchev–Trinajstić information content (AvgIpc) is 2.89. The van der Waals surface area contributed by atoms with Gasteiger partial charge in [-0.25, -0.2) is 4.98 Å². The number of aromatic nitrogens is 3. The van der Waals surface area contributed by atoms with Gasteiger partial charge in [-0.15, -0.1) is 0 Å². The van der Waals surface area contributed by atoms with Gasteiger partial charge in [-0.3, -0.25) is 9.78 Å². The number of piperidine rings is 1. The number of benzene rings is 2. The van der Waals surface area contributed by atoms with E-state index in [0.29, 0.717) is 34.4 Å². The third-order valence-electron chi connectivity index (χ3n) is 6.57. The second kappa shape index (κ2) is 9.55. The van der Waals surface area contributed by atoms with E-state index in [4.69, 9.17) is 14.5 Å². The molecule has 0 radical (unpaired) electrons. The number of pyridine rings is 1. The Kier molecular flexibility index (Phi) is 6.16. The Bertz CT molecular complexity index is 1350. The number of hydrogen-bond acceptors (Lipinski definition) is 6. The quantitative estimate of drug-likeness (QED) is 0.461. The van der Waals surface area contributed by atoms with Gasteiger partial charge >= 0.3 is 0 Å². The number of aromatic amines is 1. The molecule has 1 saturated heterocycles. The summed E-state index contributed by atoms with van der Waals surface area (Å²) in [5.74, 6) is 2.46. The molecule has 1 aliphatic heterocycles. The molecule has 0 aliphatic carbocycles. The van der Waals surface area contributed by atoms with Gasteiger partial charge in [-0.05, 0) is 60.1 Å². The van der Waals surface area contributed by atoms with Gasteiger partial charge in [-0.1, -0.05) is 36.4 Å². The lowest BCUT2D eigenvalue weighted by Gasteiger charge is -2.32. The lowest BCUT2D eigenvalue weighted by molar-refractivity contribution is 0.355. The maximum Gasteiger partial charge on any atom is 0.262 e. The minimum absolute atomic E-state index is 0.190. The Balaban J connectivity index is 1.40. The van der Waals surface area contributed by atoms with Crippen molar-refractivity contribution in [2.75, 3.05) is 32.2 Å². The van der Waals surface area contributed by atoms with E-state index in [9.17, 15) is 4.79 Å². The van der Waals surface area contributed by atoms with Crippen LogP contribution in [0, 0.1) is 5.92 Å². The lowest BCUT2D eigenvalue weighted by Crippen LogP contribution is -2.36. The Labute approximate surface area is 198 Å². The Morgan fingerprint density at radius 2 is 1.76 bits per heavy atom. The molecule has 4 aromatic rings. The highest BCUT2D eigenvalue weighted by Crippen LogP contribution is 2.34. The van der Waals surface area contributed by atoms with Crippen LogP contribution in [0.5, 0.6) is 11.5 Å². The van der Waals surface area contributed by atoms with Crippen LogP contribution in [0.25, 0.3) is 22.2 Å². The molecule has 3 heterocycles. The molecule has 7 nitrogen and oxygen atoms in total. The monoisotopic (exact) mass is 456 g/mol. The Hall–Kier alpha value is -3.87. The summed E-state index contributed by atoms with van der Waals surface area (Å²) < 4.78 is 10.8. The highest BCUT2D eigenvalue weighted by atomic mass is 16.5. The van der Waals surface area contributed by atoms with Gasteiger partial charge in [0.2, 0.25) is 5.95 Å². The summed E-state index contributed by atoms with van der Waals surface area (Å²) in [6.45, 7) is 1.72. The molecular weight excluding hydrogens is 428 g/mol. The van der Waals surface area contributed by atoms with E-state index in [-0.39, 0.29) is 5.56 Å². The predicted octanol–water partition coefficient (Wildman–Crippen LogP) is 4.46. The number of methoxy groups -OCH3 is 2. The van der Waals surface area contributed by atoms with Crippen molar-refractivity contribution in [3.63, 3.8) is 0 Å². The normalized spacial score (nSPS) is 14.4. The van der Waals surface area contributed by atoms with Gasteiger partial charge in [0.1, 0.15) is 0 Å². The lowest BCUT2D eigenvalue weighted by atomic mass is 9.90. The van der Waals surface area contributed by atoms with Crippen LogP contribution in [-0.2, 0) is 6.42 Å². The molecule has 2 aromatic heterocycles. The number of fused-ring (bicyclic) bond motifs is 1. The average molecular weight is 457 g/mol. The van der Waals surface area contributed by atoms with E-state index >= 15 is 0 Å². The van der Waals surface area contributed by atoms with E-state index in [1.807, 2.05) is 24.3 Å². The van der Waals surface area contributed by atoms with E-state index in [1.54, 1.807) is 20.4 Å². The fourth-order valence-corrected chi connectivity index (χ4v) is 4.74. The molecule has 34 heavy (non-hydrogen) atoms. The molecule has 2 aromatic carbocycles. The third kappa shape index (κ3) is 4.33. The number of rotatable bonds is 6. The molecule has 0 atom stereocenters. The second-order valence-electron chi connectivity index (χ2n) is 8.64. The van der Waals surface area contributed by atoms with Gasteiger partial charge in [0.15, 0.2) is 17.1 Å². The SMILES string of the molecule is COc1ccc(-c2ccnc3nc(N4CCC(Cc5ccccc5)CC4)[nH]c(=O)c23)cc1OC. The van der Waals surface area contributed by atoms with Crippen molar-refractivity contribution >= 4 is 17.0 Å². The van der Waals surface area contributed by atoms with Gasteiger partial charge < -0.3 is 14.4 Å². The van der Waals surface area contributed by atoms with Crippen molar-refractivity contribution < 1.29 is 9.47 Å². The first-order valence-corrected chi connectivity index (χ1v) is 11.6. The maximum absolute atomic E-state index is 13.2. The molecule has 174 valence electrons. The molecule has 0 bridgehead atoms. The van der Waals surface area contributed by atoms with Crippen LogP contribution in [-0.4, -0.2) is 42.3 Å². The molecule has 0 saturated carbocycles. The number of anilines is 1. The van der Waals surface area contributed by atoms with E-state index < -0.39 is 0 Å². The smallest absolute Gasteiger partial charge is 0.262 e. The minimum atomic E-state index is -0.190. The van der Waals surface area contributed by atoms with Crippen molar-refractivity contribution in [3.8, 4) is 22.6 Å². The first-order chi connectivity index (χ1) is 16.7. The highest BCUT2D eigenvalue weighted by Gasteiger charge is 2.22. The van der Waals surface area contributed by atoms with Crippen molar-refractivity contribution in [2.45, 2.75) is 19.3 Å². The zero-order chi connectivity index (χ0) is 23.5. The number of nitrogens with zero attached hydrogens (tertiary/aromatic N) is 3. The Morgan fingerprint density at radius 1 is 1.00 bits per heavy atom. The van der Waals surface area contributed by atoms with Gasteiger partial charge in [0.05, 0.1) is 19.6 Å². The number of ether oxygens (including phenoxy) is 2. The number of H-pyrrole nitrogens is 1. The topological polar surface area (TPSA) is 80.3 Å². The minimum Gasteiger partial charge on any atom is -0.493 e. The molecular formula is C27H28N4O3. The summed E-state index contributed by atoms with van der Waals surface area (Å²) in [6.07, 6.45) is 4.91. The summed E-state index contributed by atoms with van der Waals surface area (Å²) in [7, 11) is 3.19. The molecule has 1 N–H and O–H groups in total. The summed E-state index contributed by atoms with van der Waals surface area (Å²) in [4.78, 5) is 27.5. The molecule has 0 unspecified atom stereocenters. The zero-order valence-corrected chi connectivity index (χ0v) is 19.5. The van der Waals surface area contributed by atoms with Crippen LogP contribution in [0.1, 0.15) is 18.4 Å². The molecule has 7 heteroatoms. The molecule has 0 amide bonds. The van der Waals surface area contributed by atoms with E-state index in [0.717, 1.165) is 43.5 Å². The fraction of sp³-hybridized carbons (Fsp3) is 0.296. The first kappa shape index (κ1) is 21.9. The zero-order valence-electron chi connectivity index (χ0n) is 19.5. The van der Waals surface area contributed by atoms with Gasteiger partial charge in [-0.2, -0.15) is 4.98 Å².